The van der Waals surface area contributed by atoms with Gasteiger partial charge in [0.2, 0.25) is 5.91 Å². The van der Waals surface area contributed by atoms with Gasteiger partial charge in [-0.25, -0.2) is 0 Å². The van der Waals surface area contributed by atoms with E-state index in [1.807, 2.05) is 0 Å². The number of nitrogens with one attached hydrogen (secondary N) is 1. The molecule has 3 nitrogen and oxygen atoms in total. The fourth-order valence-electron chi connectivity index (χ4n) is 2.17. The minimum atomic E-state index is -4.15. The lowest BCUT2D eigenvalue weighted by Crippen LogP contribution is -2.39. The zero-order chi connectivity index (χ0) is 14.7. The molecule has 0 atom stereocenters. The zero-order valence-electron chi connectivity index (χ0n) is 11.2. The summed E-state index contributed by atoms with van der Waals surface area (Å²) in [5, 5.41) is 11.5. The van der Waals surface area contributed by atoms with E-state index in [2.05, 4.69) is 11.4 Å². The van der Waals surface area contributed by atoms with E-state index in [4.69, 9.17) is 5.26 Å². The number of carbonyl (C=O) groups excluding carboxylic acids is 1. The first-order chi connectivity index (χ1) is 8.65. The van der Waals surface area contributed by atoms with Crippen molar-refractivity contribution in [3.05, 3.63) is 0 Å². The number of hydrogen-bond donors (Lipinski definition) is 1. The Labute approximate surface area is 111 Å². The number of halogens is 3. The number of carbonyl (C=O) groups is 1. The van der Waals surface area contributed by atoms with Gasteiger partial charge in [-0.05, 0) is 39.5 Å². The van der Waals surface area contributed by atoms with E-state index in [-0.39, 0.29) is 44.1 Å². The summed E-state index contributed by atoms with van der Waals surface area (Å²) in [7, 11) is 0. The SMILES string of the molecule is CC(C)(C#N)CNC(=O)C1CCC(C(F)(F)F)CC1. The minimum Gasteiger partial charge on any atom is -0.354 e. The first-order valence-corrected chi connectivity index (χ1v) is 6.41. The molecule has 1 saturated carbocycles. The molecule has 0 heterocycles. The molecule has 0 spiro atoms. The Morgan fingerprint density at radius 3 is 2.21 bits per heavy atom. The van der Waals surface area contributed by atoms with E-state index in [1.54, 1.807) is 13.8 Å². The van der Waals surface area contributed by atoms with Crippen molar-refractivity contribution >= 4 is 5.91 Å². The zero-order valence-corrected chi connectivity index (χ0v) is 11.2. The van der Waals surface area contributed by atoms with E-state index in [1.165, 1.54) is 0 Å². The molecule has 6 heteroatoms. The Morgan fingerprint density at radius 1 is 1.26 bits per heavy atom. The Bertz CT molecular complexity index is 363. The monoisotopic (exact) mass is 276 g/mol. The van der Waals surface area contributed by atoms with Crippen LogP contribution in [0.15, 0.2) is 0 Å². The highest BCUT2D eigenvalue weighted by molar-refractivity contribution is 5.78. The summed E-state index contributed by atoms with van der Waals surface area (Å²) in [6.45, 7) is 3.63. The quantitative estimate of drug-likeness (QED) is 0.861. The molecule has 0 aromatic rings. The molecule has 0 saturated heterocycles. The molecule has 0 bridgehead atoms. The van der Waals surface area contributed by atoms with Crippen LogP contribution in [-0.2, 0) is 4.79 Å². The molecule has 0 unspecified atom stereocenters. The highest BCUT2D eigenvalue weighted by Gasteiger charge is 2.42. The summed E-state index contributed by atoms with van der Waals surface area (Å²) >= 11 is 0. The molecule has 19 heavy (non-hydrogen) atoms. The highest BCUT2D eigenvalue weighted by Crippen LogP contribution is 2.39. The fourth-order valence-corrected chi connectivity index (χ4v) is 2.17. The predicted octanol–water partition coefficient (Wildman–Crippen LogP) is 3.02. The molecule has 0 aliphatic heterocycles. The van der Waals surface area contributed by atoms with Gasteiger partial charge in [-0.3, -0.25) is 4.79 Å². The van der Waals surface area contributed by atoms with Crippen molar-refractivity contribution in [3.8, 4) is 6.07 Å². The van der Waals surface area contributed by atoms with Crippen LogP contribution in [0.5, 0.6) is 0 Å². The van der Waals surface area contributed by atoms with Gasteiger partial charge in [-0.15, -0.1) is 0 Å². The van der Waals surface area contributed by atoms with E-state index in [0.717, 1.165) is 0 Å². The molecule has 1 N–H and O–H groups in total. The number of nitriles is 1. The number of amides is 1. The van der Waals surface area contributed by atoms with Gasteiger partial charge in [0.1, 0.15) is 0 Å². The fraction of sp³-hybridized carbons (Fsp3) is 0.846. The molecule has 1 aliphatic carbocycles. The van der Waals surface area contributed by atoms with Crippen LogP contribution in [0, 0.1) is 28.6 Å². The molecule has 1 rings (SSSR count). The van der Waals surface area contributed by atoms with Gasteiger partial charge in [-0.1, -0.05) is 0 Å². The van der Waals surface area contributed by atoms with Gasteiger partial charge in [0.15, 0.2) is 0 Å². The molecule has 1 fully saturated rings. The van der Waals surface area contributed by atoms with Gasteiger partial charge in [0.25, 0.3) is 0 Å². The van der Waals surface area contributed by atoms with Crippen molar-refractivity contribution in [3.63, 3.8) is 0 Å². The van der Waals surface area contributed by atoms with Gasteiger partial charge in [0, 0.05) is 12.5 Å². The summed E-state index contributed by atoms with van der Waals surface area (Å²) in [5.41, 5.74) is -0.654. The van der Waals surface area contributed by atoms with Gasteiger partial charge in [-0.2, -0.15) is 18.4 Å². The van der Waals surface area contributed by atoms with Crippen molar-refractivity contribution in [1.29, 1.82) is 5.26 Å². The molecule has 0 aromatic carbocycles. The predicted molar refractivity (Wildman–Crippen MR) is 63.9 cm³/mol. The number of nitrogens with zero attached hydrogens (tertiary/aromatic N) is 1. The van der Waals surface area contributed by atoms with Crippen molar-refractivity contribution in [1.82, 2.24) is 5.32 Å². The summed E-state index contributed by atoms with van der Waals surface area (Å²) in [4.78, 5) is 11.8. The Hall–Kier alpha value is -1.25. The maximum Gasteiger partial charge on any atom is 0.391 e. The minimum absolute atomic E-state index is 0.0171. The molecule has 0 aromatic heterocycles. The van der Waals surface area contributed by atoms with Crippen LogP contribution in [0.25, 0.3) is 0 Å². The van der Waals surface area contributed by atoms with Crippen LogP contribution < -0.4 is 5.32 Å². The number of alkyl halides is 3. The molecule has 108 valence electrons. The van der Waals surface area contributed by atoms with E-state index < -0.39 is 17.5 Å². The molecule has 0 radical (unpaired) electrons. The normalized spacial score (nSPS) is 24.6. The first kappa shape index (κ1) is 15.8. The summed E-state index contributed by atoms with van der Waals surface area (Å²) in [5.74, 6) is -1.86. The lowest BCUT2D eigenvalue weighted by Gasteiger charge is -2.29. The van der Waals surface area contributed by atoms with Crippen LogP contribution in [0.4, 0.5) is 13.2 Å². The van der Waals surface area contributed by atoms with Crippen LogP contribution >= 0.6 is 0 Å². The molecule has 1 amide bonds. The average molecular weight is 276 g/mol. The topological polar surface area (TPSA) is 52.9 Å². The van der Waals surface area contributed by atoms with Crippen molar-refractivity contribution < 1.29 is 18.0 Å². The summed E-state index contributed by atoms with van der Waals surface area (Å²) in [6.07, 6.45) is -3.58. The molecular formula is C13H19F3N2O. The van der Waals surface area contributed by atoms with Crippen molar-refractivity contribution in [2.24, 2.45) is 17.3 Å². The van der Waals surface area contributed by atoms with Gasteiger partial charge < -0.3 is 5.32 Å². The van der Waals surface area contributed by atoms with E-state index in [0.29, 0.717) is 0 Å². The Morgan fingerprint density at radius 2 is 1.79 bits per heavy atom. The van der Waals surface area contributed by atoms with Crippen LogP contribution in [-0.4, -0.2) is 18.6 Å². The van der Waals surface area contributed by atoms with Crippen LogP contribution in [0.1, 0.15) is 39.5 Å². The third-order valence-electron chi connectivity index (χ3n) is 3.57. The van der Waals surface area contributed by atoms with Crippen LogP contribution in [0.2, 0.25) is 0 Å². The Kier molecular flexibility index (Phi) is 4.83. The second kappa shape index (κ2) is 5.81. The largest absolute Gasteiger partial charge is 0.391 e. The first-order valence-electron chi connectivity index (χ1n) is 6.41. The maximum atomic E-state index is 12.5. The standard InChI is InChI=1S/C13H19F3N2O/c1-12(2,7-17)8-18-11(19)9-3-5-10(6-4-9)13(14,15)16/h9-10H,3-6,8H2,1-2H3,(H,18,19). The molecular weight excluding hydrogens is 257 g/mol. The van der Waals surface area contributed by atoms with Crippen molar-refractivity contribution in [2.45, 2.75) is 45.7 Å². The van der Waals surface area contributed by atoms with Gasteiger partial charge >= 0.3 is 6.18 Å². The number of rotatable bonds is 3. The smallest absolute Gasteiger partial charge is 0.354 e. The number of hydrogen-bond acceptors (Lipinski definition) is 2. The lowest BCUT2D eigenvalue weighted by atomic mass is 9.81. The molecule has 1 aliphatic rings. The van der Waals surface area contributed by atoms with E-state index in [9.17, 15) is 18.0 Å². The summed E-state index contributed by atoms with van der Waals surface area (Å²) in [6, 6.07) is 2.06. The third-order valence-corrected chi connectivity index (χ3v) is 3.57. The second-order valence-corrected chi connectivity index (χ2v) is 5.80. The van der Waals surface area contributed by atoms with E-state index >= 15 is 0 Å². The third kappa shape index (κ3) is 4.73. The second-order valence-electron chi connectivity index (χ2n) is 5.80. The maximum absolute atomic E-state index is 12.5. The Balaban J connectivity index is 2.40. The summed E-state index contributed by atoms with van der Waals surface area (Å²) < 4.78 is 37.4. The van der Waals surface area contributed by atoms with Crippen molar-refractivity contribution in [2.75, 3.05) is 6.54 Å². The lowest BCUT2D eigenvalue weighted by molar-refractivity contribution is -0.184. The van der Waals surface area contributed by atoms with Crippen LogP contribution in [0.3, 0.4) is 0 Å². The highest BCUT2D eigenvalue weighted by atomic mass is 19.4. The van der Waals surface area contributed by atoms with Gasteiger partial charge in [0.05, 0.1) is 17.4 Å². The average Bonchev–Trinajstić information content (AvgIpc) is 2.35.